The Labute approximate surface area is 98.8 Å². The molecule has 0 heterocycles. The van der Waals surface area contributed by atoms with Gasteiger partial charge in [-0.05, 0) is 24.5 Å². The molecule has 0 saturated heterocycles. The molecule has 1 unspecified atom stereocenters. The molecule has 0 aliphatic carbocycles. The Kier molecular flexibility index (Phi) is 5.83. The first-order chi connectivity index (χ1) is 7.77. The summed E-state index contributed by atoms with van der Waals surface area (Å²) in [5, 5.41) is 6.70. The largest absolute Gasteiger partial charge is 0.298 e. The number of hydrogen-bond acceptors (Lipinski definition) is 2. The van der Waals surface area contributed by atoms with Crippen molar-refractivity contribution in [2.45, 2.75) is 33.0 Å². The highest BCUT2D eigenvalue weighted by atomic mass is 15.1. The minimum atomic E-state index is 0.290. The lowest BCUT2D eigenvalue weighted by molar-refractivity contribution is 0.482. The third-order valence-corrected chi connectivity index (χ3v) is 2.45. The summed E-state index contributed by atoms with van der Waals surface area (Å²) in [6.45, 7) is 11.0. The highest BCUT2D eigenvalue weighted by Gasteiger charge is 2.01. The first-order valence-corrected chi connectivity index (χ1v) is 5.79. The van der Waals surface area contributed by atoms with Gasteiger partial charge in [0.2, 0.25) is 0 Å². The predicted octanol–water partition coefficient (Wildman–Crippen LogP) is 2.93. The van der Waals surface area contributed by atoms with Crippen LogP contribution in [0.5, 0.6) is 0 Å². The summed E-state index contributed by atoms with van der Waals surface area (Å²) in [7, 11) is 0. The average molecular weight is 217 g/mol. The SMILES string of the molecule is C=Cc1ccccc1CNC(C)N[CH]CC. The second kappa shape index (κ2) is 7.20. The van der Waals surface area contributed by atoms with Gasteiger partial charge in [-0.25, -0.2) is 0 Å². The summed E-state index contributed by atoms with van der Waals surface area (Å²) in [6.07, 6.45) is 3.22. The first-order valence-electron chi connectivity index (χ1n) is 5.79. The topological polar surface area (TPSA) is 24.1 Å². The standard InChI is InChI=1S/C14H21N2/c1-4-10-15-12(3)16-11-14-9-7-6-8-13(14)5-2/h5-10,12,15-16H,2,4,11H2,1,3H3. The third-order valence-electron chi connectivity index (χ3n) is 2.45. The lowest BCUT2D eigenvalue weighted by Crippen LogP contribution is -2.37. The van der Waals surface area contributed by atoms with Crippen LogP contribution in [0.1, 0.15) is 31.4 Å². The van der Waals surface area contributed by atoms with Crippen LogP contribution in [-0.2, 0) is 6.54 Å². The Morgan fingerprint density at radius 3 is 2.81 bits per heavy atom. The Bertz CT molecular complexity index is 320. The molecular weight excluding hydrogens is 196 g/mol. The lowest BCUT2D eigenvalue weighted by atomic mass is 10.1. The fraction of sp³-hybridized carbons (Fsp3) is 0.357. The van der Waals surface area contributed by atoms with Crippen LogP contribution in [0.15, 0.2) is 30.8 Å². The van der Waals surface area contributed by atoms with Crippen molar-refractivity contribution in [3.8, 4) is 0 Å². The molecule has 1 radical (unpaired) electrons. The maximum absolute atomic E-state index is 3.82. The summed E-state index contributed by atoms with van der Waals surface area (Å²) in [5.41, 5.74) is 2.48. The van der Waals surface area contributed by atoms with Crippen LogP contribution in [-0.4, -0.2) is 6.17 Å². The lowest BCUT2D eigenvalue weighted by Gasteiger charge is -2.15. The van der Waals surface area contributed by atoms with Gasteiger partial charge in [0.15, 0.2) is 0 Å². The summed E-state index contributed by atoms with van der Waals surface area (Å²) in [6, 6.07) is 8.30. The molecule has 2 N–H and O–H groups in total. The monoisotopic (exact) mass is 217 g/mol. The van der Waals surface area contributed by atoms with E-state index in [0.717, 1.165) is 13.0 Å². The van der Waals surface area contributed by atoms with Gasteiger partial charge in [-0.15, -0.1) is 0 Å². The van der Waals surface area contributed by atoms with Crippen molar-refractivity contribution < 1.29 is 0 Å². The highest BCUT2D eigenvalue weighted by Crippen LogP contribution is 2.09. The van der Waals surface area contributed by atoms with Crippen molar-refractivity contribution in [1.82, 2.24) is 10.6 Å². The highest BCUT2D eigenvalue weighted by molar-refractivity contribution is 5.51. The van der Waals surface area contributed by atoms with Crippen molar-refractivity contribution in [1.29, 1.82) is 0 Å². The quantitative estimate of drug-likeness (QED) is 0.686. The second-order valence-corrected chi connectivity index (χ2v) is 3.78. The molecule has 0 fully saturated rings. The van der Waals surface area contributed by atoms with Crippen molar-refractivity contribution in [3.63, 3.8) is 0 Å². The molecule has 1 aromatic rings. The fourth-order valence-corrected chi connectivity index (χ4v) is 1.51. The average Bonchev–Trinajstić information content (AvgIpc) is 2.34. The van der Waals surface area contributed by atoms with E-state index in [2.05, 4.69) is 55.8 Å². The van der Waals surface area contributed by atoms with Gasteiger partial charge in [-0.2, -0.15) is 0 Å². The van der Waals surface area contributed by atoms with E-state index >= 15 is 0 Å². The van der Waals surface area contributed by atoms with Crippen molar-refractivity contribution in [2.75, 3.05) is 0 Å². The molecule has 1 aromatic carbocycles. The molecule has 0 aliphatic heterocycles. The summed E-state index contributed by atoms with van der Waals surface area (Å²) < 4.78 is 0. The van der Waals surface area contributed by atoms with E-state index in [1.54, 1.807) is 0 Å². The van der Waals surface area contributed by atoms with Gasteiger partial charge >= 0.3 is 0 Å². The van der Waals surface area contributed by atoms with Crippen molar-refractivity contribution >= 4 is 6.08 Å². The number of hydrogen-bond donors (Lipinski definition) is 2. The van der Waals surface area contributed by atoms with Gasteiger partial charge in [0, 0.05) is 13.1 Å². The van der Waals surface area contributed by atoms with E-state index in [-0.39, 0.29) is 6.17 Å². The van der Waals surface area contributed by atoms with Crippen LogP contribution in [0.3, 0.4) is 0 Å². The van der Waals surface area contributed by atoms with Gasteiger partial charge in [-0.3, -0.25) is 10.6 Å². The molecule has 2 heteroatoms. The maximum atomic E-state index is 3.82. The minimum Gasteiger partial charge on any atom is -0.298 e. The molecule has 1 atom stereocenters. The van der Waals surface area contributed by atoms with Crippen molar-refractivity contribution in [3.05, 3.63) is 48.5 Å². The molecule has 1 rings (SSSR count). The summed E-state index contributed by atoms with van der Waals surface area (Å²) >= 11 is 0. The van der Waals surface area contributed by atoms with Crippen molar-refractivity contribution in [2.24, 2.45) is 0 Å². The van der Waals surface area contributed by atoms with Crippen LogP contribution < -0.4 is 10.6 Å². The van der Waals surface area contributed by atoms with Crippen LogP contribution in [0.25, 0.3) is 6.08 Å². The van der Waals surface area contributed by atoms with E-state index in [1.807, 2.05) is 12.1 Å². The normalized spacial score (nSPS) is 12.4. The van der Waals surface area contributed by atoms with E-state index in [4.69, 9.17) is 0 Å². The molecule has 16 heavy (non-hydrogen) atoms. The maximum Gasteiger partial charge on any atom is 0.0547 e. The molecule has 0 aromatic heterocycles. The molecular formula is C14H21N2. The number of rotatable bonds is 7. The summed E-state index contributed by atoms with van der Waals surface area (Å²) in [5.74, 6) is 0. The van der Waals surface area contributed by atoms with E-state index < -0.39 is 0 Å². The third kappa shape index (κ3) is 4.17. The zero-order valence-electron chi connectivity index (χ0n) is 10.2. The molecule has 2 nitrogen and oxygen atoms in total. The van der Waals surface area contributed by atoms with Gasteiger partial charge in [0.25, 0.3) is 0 Å². The Hall–Kier alpha value is -1.12. The van der Waals surface area contributed by atoms with Crippen LogP contribution >= 0.6 is 0 Å². The van der Waals surface area contributed by atoms with E-state index in [0.29, 0.717) is 0 Å². The van der Waals surface area contributed by atoms with E-state index in [1.165, 1.54) is 11.1 Å². The summed E-state index contributed by atoms with van der Waals surface area (Å²) in [4.78, 5) is 0. The van der Waals surface area contributed by atoms with Gasteiger partial charge in [0.05, 0.1) is 6.17 Å². The second-order valence-electron chi connectivity index (χ2n) is 3.78. The molecule has 0 aliphatic rings. The smallest absolute Gasteiger partial charge is 0.0547 e. The zero-order valence-corrected chi connectivity index (χ0v) is 10.2. The van der Waals surface area contributed by atoms with E-state index in [9.17, 15) is 0 Å². The number of nitrogens with one attached hydrogen (secondary N) is 2. The molecule has 0 amide bonds. The number of benzene rings is 1. The first kappa shape index (κ1) is 12.9. The Morgan fingerprint density at radius 1 is 1.38 bits per heavy atom. The Balaban J connectivity index is 2.44. The predicted molar refractivity (Wildman–Crippen MR) is 70.6 cm³/mol. The van der Waals surface area contributed by atoms with Crippen LogP contribution in [0.2, 0.25) is 0 Å². The molecule has 0 saturated carbocycles. The zero-order chi connectivity index (χ0) is 11.8. The van der Waals surface area contributed by atoms with Gasteiger partial charge < -0.3 is 0 Å². The molecule has 0 spiro atoms. The minimum absolute atomic E-state index is 0.290. The Morgan fingerprint density at radius 2 is 2.12 bits per heavy atom. The molecule has 0 bridgehead atoms. The van der Waals surface area contributed by atoms with Crippen LogP contribution in [0.4, 0.5) is 0 Å². The van der Waals surface area contributed by atoms with Gasteiger partial charge in [0.1, 0.15) is 0 Å². The molecule has 87 valence electrons. The van der Waals surface area contributed by atoms with Crippen LogP contribution in [0, 0.1) is 6.54 Å². The fourth-order valence-electron chi connectivity index (χ4n) is 1.51. The van der Waals surface area contributed by atoms with Gasteiger partial charge in [-0.1, -0.05) is 43.8 Å².